The van der Waals surface area contributed by atoms with Crippen LogP contribution in [-0.4, -0.2) is 50.0 Å². The van der Waals surface area contributed by atoms with Crippen molar-refractivity contribution in [3.8, 4) is 0 Å². The minimum Gasteiger partial charge on any atom is -0.444 e. The van der Waals surface area contributed by atoms with Gasteiger partial charge in [0.05, 0.1) is 22.4 Å². The molecule has 2 aliphatic rings. The fourth-order valence-electron chi connectivity index (χ4n) is 3.18. The van der Waals surface area contributed by atoms with E-state index in [-0.39, 0.29) is 29.1 Å². The molecule has 1 saturated carbocycles. The van der Waals surface area contributed by atoms with Crippen LogP contribution in [0.25, 0.3) is 0 Å². The Hall–Kier alpha value is -2.17. The summed E-state index contributed by atoms with van der Waals surface area (Å²) in [5.74, 6) is 0.246. The number of halogens is 2. The number of hydrogen-bond donors (Lipinski definition) is 2. The number of nitrogens with one attached hydrogen (secondary N) is 2. The molecule has 8 nitrogen and oxygen atoms in total. The molecule has 2 N–H and O–H groups in total. The summed E-state index contributed by atoms with van der Waals surface area (Å²) in [7, 11) is 1.71. The van der Waals surface area contributed by atoms with Gasteiger partial charge in [0.15, 0.2) is 5.78 Å². The highest BCUT2D eigenvalue weighted by Crippen LogP contribution is 2.30. The average molecular weight is 528 g/mol. The van der Waals surface area contributed by atoms with Crippen molar-refractivity contribution in [2.45, 2.75) is 31.8 Å². The number of amides is 1. The molecule has 4 rings (SSSR count). The maximum atomic E-state index is 12.2. The van der Waals surface area contributed by atoms with Gasteiger partial charge in [-0.1, -0.05) is 11.6 Å². The van der Waals surface area contributed by atoms with Gasteiger partial charge in [-0.2, -0.15) is 0 Å². The predicted molar refractivity (Wildman–Crippen MR) is 134 cm³/mol. The zero-order valence-electron chi connectivity index (χ0n) is 18.7. The number of ketones is 1. The van der Waals surface area contributed by atoms with Gasteiger partial charge in [-0.15, -0.1) is 11.3 Å². The van der Waals surface area contributed by atoms with Gasteiger partial charge in [0.1, 0.15) is 6.10 Å². The number of cyclic esters (lactones) is 1. The highest BCUT2D eigenvalue weighted by atomic mass is 35.5. The molecule has 1 saturated heterocycles. The second kappa shape index (κ2) is 13.1. The molecule has 2 aromatic rings. The van der Waals surface area contributed by atoms with Crippen LogP contribution in [0.5, 0.6) is 0 Å². The molecule has 1 aromatic carbocycles. The molecule has 1 aliphatic carbocycles. The van der Waals surface area contributed by atoms with Gasteiger partial charge in [-0.25, -0.2) is 10.3 Å². The van der Waals surface area contributed by atoms with E-state index in [0.717, 1.165) is 24.2 Å². The number of rotatable bonds is 11. The number of carbonyl (C=O) groups is 3. The van der Waals surface area contributed by atoms with Crippen molar-refractivity contribution in [1.29, 1.82) is 0 Å². The van der Waals surface area contributed by atoms with Gasteiger partial charge in [-0.05, 0) is 67.3 Å². The van der Waals surface area contributed by atoms with Gasteiger partial charge in [0, 0.05) is 37.3 Å². The van der Waals surface area contributed by atoms with E-state index in [1.165, 1.54) is 11.3 Å². The van der Waals surface area contributed by atoms with Gasteiger partial charge in [-0.3, -0.25) is 14.5 Å². The lowest BCUT2D eigenvalue weighted by molar-refractivity contribution is -0.112. The van der Waals surface area contributed by atoms with Crippen LogP contribution in [0.15, 0.2) is 36.4 Å². The Bertz CT molecular complexity index is 981. The Morgan fingerprint density at radius 2 is 1.94 bits per heavy atom. The molecular weight excluding hydrogens is 501 g/mol. The van der Waals surface area contributed by atoms with Crippen LogP contribution in [0.3, 0.4) is 0 Å². The van der Waals surface area contributed by atoms with Crippen LogP contribution in [0.2, 0.25) is 4.34 Å². The first-order valence-corrected chi connectivity index (χ1v) is 12.5. The number of thiophene rings is 1. The Labute approximate surface area is 212 Å². The van der Waals surface area contributed by atoms with Crippen molar-refractivity contribution < 1.29 is 24.0 Å². The summed E-state index contributed by atoms with van der Waals surface area (Å²) in [6.45, 7) is 1.63. The first-order valence-electron chi connectivity index (χ1n) is 11.0. The molecule has 2 fully saturated rings. The molecule has 0 spiro atoms. The lowest BCUT2D eigenvalue weighted by Gasteiger charge is -2.14. The Kier molecular flexibility index (Phi) is 10.2. The first kappa shape index (κ1) is 26.4. The second-order valence-electron chi connectivity index (χ2n) is 7.79. The van der Waals surface area contributed by atoms with Crippen LogP contribution >= 0.6 is 34.5 Å². The second-order valence-corrected chi connectivity index (χ2v) is 9.87. The third-order valence-corrected chi connectivity index (χ3v) is 6.75. The fourth-order valence-corrected chi connectivity index (χ4v) is 4.41. The summed E-state index contributed by atoms with van der Waals surface area (Å²) in [5.41, 5.74) is 4.31. The maximum absolute atomic E-state index is 12.2. The summed E-state index contributed by atoms with van der Waals surface area (Å²) in [6.07, 6.45) is 2.15. The van der Waals surface area contributed by atoms with Crippen molar-refractivity contribution >= 4 is 63.0 Å². The standard InChI is InChI=1S/C19H22ClN3O4S.C4H5ClO/c1-21-26-11-10-22-13-2-4-14(5-3-13)23-12-15(27-19(23)25)6-7-16(24)17-8-9-18(20)28-17;5-4(6)3-1-2-3/h2-5,8-9,15,21-22H,6-7,10-12H2,1H3;3H,1-2H2/t15-;/m0./s1. The van der Waals surface area contributed by atoms with Gasteiger partial charge in [0.2, 0.25) is 5.24 Å². The van der Waals surface area contributed by atoms with E-state index in [4.69, 9.17) is 32.8 Å². The zero-order chi connectivity index (χ0) is 24.5. The van der Waals surface area contributed by atoms with Crippen molar-refractivity contribution in [2.24, 2.45) is 5.92 Å². The number of hydroxylamine groups is 1. The molecule has 34 heavy (non-hydrogen) atoms. The number of carbonyl (C=O) groups excluding carboxylic acids is 3. The Balaban J connectivity index is 0.000000469. The van der Waals surface area contributed by atoms with E-state index in [9.17, 15) is 14.4 Å². The lowest BCUT2D eigenvalue weighted by Crippen LogP contribution is -2.24. The number of anilines is 2. The molecule has 2 heterocycles. The zero-order valence-corrected chi connectivity index (χ0v) is 21.0. The summed E-state index contributed by atoms with van der Waals surface area (Å²) < 4.78 is 6.01. The van der Waals surface area contributed by atoms with Crippen molar-refractivity contribution in [3.05, 3.63) is 45.6 Å². The quantitative estimate of drug-likeness (QED) is 0.181. The number of hydrogen-bond acceptors (Lipinski definition) is 8. The van der Waals surface area contributed by atoms with Crippen LogP contribution < -0.4 is 15.7 Å². The minimum atomic E-state index is -0.389. The SMILES string of the molecule is CNOCCNc1ccc(N2C[C@H](CCC(=O)c3ccc(Cl)s3)OC2=O)cc1.O=C(Cl)C1CC1. The summed E-state index contributed by atoms with van der Waals surface area (Å²) in [5, 5.41) is 3.06. The highest BCUT2D eigenvalue weighted by molar-refractivity contribution is 7.18. The molecule has 0 bridgehead atoms. The number of nitrogens with zero attached hydrogens (tertiary/aromatic N) is 1. The normalized spacial score (nSPS) is 17.1. The highest BCUT2D eigenvalue weighted by Gasteiger charge is 2.32. The molecule has 184 valence electrons. The third kappa shape index (κ3) is 8.25. The van der Waals surface area contributed by atoms with E-state index in [2.05, 4.69) is 10.8 Å². The minimum absolute atomic E-state index is 0.0177. The maximum Gasteiger partial charge on any atom is 0.414 e. The Morgan fingerprint density at radius 1 is 1.21 bits per heavy atom. The fraction of sp³-hybridized carbons (Fsp3) is 0.435. The van der Waals surface area contributed by atoms with Gasteiger partial charge >= 0.3 is 6.09 Å². The van der Waals surface area contributed by atoms with E-state index < -0.39 is 0 Å². The summed E-state index contributed by atoms with van der Waals surface area (Å²) in [6, 6.07) is 11.0. The molecule has 0 unspecified atom stereocenters. The lowest BCUT2D eigenvalue weighted by atomic mass is 10.1. The van der Waals surface area contributed by atoms with Crippen LogP contribution in [0.4, 0.5) is 16.2 Å². The van der Waals surface area contributed by atoms with Crippen molar-refractivity contribution in [3.63, 3.8) is 0 Å². The molecule has 1 amide bonds. The molecule has 1 atom stereocenters. The van der Waals surface area contributed by atoms with E-state index in [1.807, 2.05) is 24.3 Å². The largest absolute Gasteiger partial charge is 0.444 e. The number of ether oxygens (including phenoxy) is 1. The van der Waals surface area contributed by atoms with Crippen LogP contribution in [-0.2, 0) is 14.4 Å². The van der Waals surface area contributed by atoms with E-state index in [1.54, 1.807) is 24.1 Å². The predicted octanol–water partition coefficient (Wildman–Crippen LogP) is 5.11. The smallest absolute Gasteiger partial charge is 0.414 e. The van der Waals surface area contributed by atoms with Crippen LogP contribution in [0, 0.1) is 5.92 Å². The topological polar surface area (TPSA) is 97.0 Å². The van der Waals surface area contributed by atoms with Crippen molar-refractivity contribution in [2.75, 3.05) is 37.0 Å². The van der Waals surface area contributed by atoms with E-state index in [0.29, 0.717) is 41.8 Å². The third-order valence-electron chi connectivity index (χ3n) is 5.17. The number of Topliss-reactive ketones (excluding diaryl/α,β-unsaturated/α-hetero) is 1. The van der Waals surface area contributed by atoms with Gasteiger partial charge < -0.3 is 14.9 Å². The molecule has 1 aliphatic heterocycles. The average Bonchev–Trinajstić information content (AvgIpc) is 3.50. The van der Waals surface area contributed by atoms with E-state index >= 15 is 0 Å². The van der Waals surface area contributed by atoms with Crippen LogP contribution in [0.1, 0.15) is 35.4 Å². The Morgan fingerprint density at radius 3 is 2.50 bits per heavy atom. The number of benzene rings is 1. The first-order chi connectivity index (χ1) is 16.4. The van der Waals surface area contributed by atoms with Gasteiger partial charge in [0.25, 0.3) is 0 Å². The molecule has 11 heteroatoms. The molecule has 0 radical (unpaired) electrons. The monoisotopic (exact) mass is 527 g/mol. The summed E-state index contributed by atoms with van der Waals surface area (Å²) >= 11 is 12.2. The molecule has 1 aromatic heterocycles. The molecular formula is C23H27Cl2N3O5S. The van der Waals surface area contributed by atoms with Crippen molar-refractivity contribution in [1.82, 2.24) is 5.48 Å². The summed E-state index contributed by atoms with van der Waals surface area (Å²) in [4.78, 5) is 41.6.